The number of rotatable bonds is 4. The molecule has 0 saturated carbocycles. The average Bonchev–Trinajstić information content (AvgIpc) is 3.42. The number of carbonyl (C=O) groups excluding carboxylic acids is 1. The highest BCUT2D eigenvalue weighted by Gasteiger charge is 2.32. The van der Waals surface area contributed by atoms with Crippen LogP contribution in [0.4, 0.5) is 5.69 Å². The van der Waals surface area contributed by atoms with Crippen molar-refractivity contribution in [3.05, 3.63) is 120 Å². The molecule has 0 spiro atoms. The fourth-order valence-electron chi connectivity index (χ4n) is 3.79. The number of para-hydroxylation sites is 1. The lowest BCUT2D eigenvalue weighted by molar-refractivity contribution is -0.113. The van der Waals surface area contributed by atoms with Gasteiger partial charge in [0.15, 0.2) is 4.80 Å². The Morgan fingerprint density at radius 3 is 2.44 bits per heavy atom. The van der Waals surface area contributed by atoms with Crippen molar-refractivity contribution in [3.63, 3.8) is 0 Å². The van der Waals surface area contributed by atoms with Crippen LogP contribution in [0.3, 0.4) is 0 Å². The third-order valence-electron chi connectivity index (χ3n) is 5.23. The van der Waals surface area contributed by atoms with Gasteiger partial charge in [-0.15, -0.1) is 11.3 Å². The number of thiazole rings is 1. The first-order chi connectivity index (χ1) is 15.6. The van der Waals surface area contributed by atoms with Crippen molar-refractivity contribution >= 4 is 40.3 Å². The minimum absolute atomic E-state index is 0.145. The van der Waals surface area contributed by atoms with Gasteiger partial charge in [0.2, 0.25) is 0 Å². The van der Waals surface area contributed by atoms with Crippen LogP contribution in [0.1, 0.15) is 23.4 Å². The fraction of sp³-hybridized carbons (Fsp3) is 0.0800. The number of allylic oxidation sites excluding steroid dienone is 1. The standard InChI is InChI=1S/C25H19N3O2S2/c1-16-21(23(29)27-18-11-6-3-7-12-18)22(17-9-4-2-5-10-17)28-24(30)20(32-25(28)26-16)15-19-13-8-14-31-19/h2-15,22H,1H3,(H,27,29)/b20-15-/t22-/m1/s1. The number of benzene rings is 2. The van der Waals surface area contributed by atoms with Crippen molar-refractivity contribution in [3.8, 4) is 0 Å². The predicted molar refractivity (Wildman–Crippen MR) is 130 cm³/mol. The van der Waals surface area contributed by atoms with Crippen LogP contribution in [0, 0.1) is 0 Å². The zero-order valence-corrected chi connectivity index (χ0v) is 18.8. The molecule has 4 aromatic rings. The molecular formula is C25H19N3O2S2. The van der Waals surface area contributed by atoms with Gasteiger partial charge in [-0.3, -0.25) is 14.2 Å². The largest absolute Gasteiger partial charge is 0.322 e. The van der Waals surface area contributed by atoms with E-state index in [0.717, 1.165) is 10.4 Å². The van der Waals surface area contributed by atoms with E-state index in [4.69, 9.17) is 0 Å². The molecule has 0 saturated heterocycles. The van der Waals surface area contributed by atoms with Crippen LogP contribution < -0.4 is 20.2 Å². The second kappa shape index (κ2) is 8.53. The minimum Gasteiger partial charge on any atom is -0.322 e. The molecule has 1 amide bonds. The molecule has 0 radical (unpaired) electrons. The molecule has 0 bridgehead atoms. The molecule has 32 heavy (non-hydrogen) atoms. The molecule has 158 valence electrons. The summed E-state index contributed by atoms with van der Waals surface area (Å²) in [6, 6.07) is 22.3. The lowest BCUT2D eigenvalue weighted by Gasteiger charge is -2.25. The van der Waals surface area contributed by atoms with Crippen molar-refractivity contribution in [1.82, 2.24) is 4.57 Å². The summed E-state index contributed by atoms with van der Waals surface area (Å²) in [5.41, 5.74) is 2.49. The van der Waals surface area contributed by atoms with Gasteiger partial charge >= 0.3 is 0 Å². The number of aromatic nitrogens is 1. The summed E-state index contributed by atoms with van der Waals surface area (Å²) in [4.78, 5) is 33.1. The van der Waals surface area contributed by atoms with E-state index in [1.54, 1.807) is 15.9 Å². The molecule has 2 aromatic heterocycles. The number of fused-ring (bicyclic) bond motifs is 1. The van der Waals surface area contributed by atoms with E-state index in [9.17, 15) is 9.59 Å². The van der Waals surface area contributed by atoms with Crippen LogP contribution in [0.5, 0.6) is 0 Å². The summed E-state index contributed by atoms with van der Waals surface area (Å²) >= 11 is 2.92. The minimum atomic E-state index is -0.554. The molecule has 2 aromatic carbocycles. The zero-order chi connectivity index (χ0) is 22.1. The second-order valence-corrected chi connectivity index (χ2v) is 9.32. The molecular weight excluding hydrogens is 438 g/mol. The Balaban J connectivity index is 1.68. The SMILES string of the molecule is CC1=C(C(=O)Nc2ccccc2)[C@@H](c2ccccc2)n2c(s/c(=C\c3cccs3)c2=O)=N1. The molecule has 1 aliphatic rings. The van der Waals surface area contributed by atoms with Crippen LogP contribution >= 0.6 is 22.7 Å². The Morgan fingerprint density at radius 2 is 1.75 bits per heavy atom. The topological polar surface area (TPSA) is 63.5 Å². The summed E-state index contributed by atoms with van der Waals surface area (Å²) < 4.78 is 2.25. The molecule has 0 aliphatic carbocycles. The molecule has 5 rings (SSSR count). The number of amides is 1. The van der Waals surface area contributed by atoms with Gasteiger partial charge in [-0.25, -0.2) is 4.99 Å². The van der Waals surface area contributed by atoms with Crippen LogP contribution in [0.2, 0.25) is 0 Å². The Morgan fingerprint density at radius 1 is 1.03 bits per heavy atom. The van der Waals surface area contributed by atoms with E-state index < -0.39 is 6.04 Å². The number of nitrogens with one attached hydrogen (secondary N) is 1. The average molecular weight is 458 g/mol. The van der Waals surface area contributed by atoms with E-state index in [0.29, 0.717) is 26.3 Å². The first-order valence-corrected chi connectivity index (χ1v) is 11.8. The lowest BCUT2D eigenvalue weighted by atomic mass is 9.95. The Labute approximate surface area is 192 Å². The molecule has 5 nitrogen and oxygen atoms in total. The quantitative estimate of drug-likeness (QED) is 0.505. The van der Waals surface area contributed by atoms with Gasteiger partial charge in [-0.1, -0.05) is 65.9 Å². The number of carbonyl (C=O) groups is 1. The molecule has 0 fully saturated rings. The van der Waals surface area contributed by atoms with Gasteiger partial charge in [-0.05, 0) is 42.1 Å². The fourth-order valence-corrected chi connectivity index (χ4v) is 5.55. The number of thiophene rings is 1. The molecule has 3 heterocycles. The summed E-state index contributed by atoms with van der Waals surface area (Å²) in [5, 5.41) is 4.94. The maximum atomic E-state index is 13.5. The van der Waals surface area contributed by atoms with Crippen LogP contribution in [-0.2, 0) is 4.79 Å². The lowest BCUT2D eigenvalue weighted by Crippen LogP contribution is -2.40. The van der Waals surface area contributed by atoms with Crippen molar-refractivity contribution in [1.29, 1.82) is 0 Å². The maximum Gasteiger partial charge on any atom is 0.271 e. The van der Waals surface area contributed by atoms with Crippen molar-refractivity contribution in [2.75, 3.05) is 5.32 Å². The Kier molecular flexibility index (Phi) is 5.43. The molecule has 7 heteroatoms. The number of anilines is 1. The van der Waals surface area contributed by atoms with Gasteiger partial charge in [0, 0.05) is 10.6 Å². The van der Waals surface area contributed by atoms with Gasteiger partial charge in [0.05, 0.1) is 21.8 Å². The van der Waals surface area contributed by atoms with Crippen molar-refractivity contribution < 1.29 is 4.79 Å². The third-order valence-corrected chi connectivity index (χ3v) is 7.03. The highest BCUT2D eigenvalue weighted by Crippen LogP contribution is 2.30. The first-order valence-electron chi connectivity index (χ1n) is 10.1. The molecule has 1 atom stereocenters. The van der Waals surface area contributed by atoms with Crippen LogP contribution in [-0.4, -0.2) is 10.5 Å². The Bertz CT molecular complexity index is 1480. The van der Waals surface area contributed by atoms with E-state index >= 15 is 0 Å². The summed E-state index contributed by atoms with van der Waals surface area (Å²) in [6.45, 7) is 1.83. The Hall–Kier alpha value is -3.55. The molecule has 1 aliphatic heterocycles. The number of nitrogens with zero attached hydrogens (tertiary/aromatic N) is 2. The van der Waals surface area contributed by atoms with Gasteiger partial charge in [-0.2, -0.15) is 0 Å². The predicted octanol–water partition coefficient (Wildman–Crippen LogP) is 3.94. The van der Waals surface area contributed by atoms with E-state index in [2.05, 4.69) is 10.3 Å². The second-order valence-electron chi connectivity index (χ2n) is 7.33. The monoisotopic (exact) mass is 457 g/mol. The number of hydrogen-bond donors (Lipinski definition) is 1. The summed E-state index contributed by atoms with van der Waals surface area (Å²) in [6.07, 6.45) is 1.89. The van der Waals surface area contributed by atoms with Gasteiger partial charge < -0.3 is 5.32 Å². The molecule has 0 unspecified atom stereocenters. The maximum absolute atomic E-state index is 13.5. The zero-order valence-electron chi connectivity index (χ0n) is 17.2. The smallest absolute Gasteiger partial charge is 0.271 e. The normalized spacial score (nSPS) is 15.9. The molecule has 1 N–H and O–H groups in total. The number of hydrogen-bond acceptors (Lipinski definition) is 5. The van der Waals surface area contributed by atoms with Crippen LogP contribution in [0.25, 0.3) is 6.08 Å². The third kappa shape index (κ3) is 3.77. The summed E-state index contributed by atoms with van der Waals surface area (Å²) in [7, 11) is 0. The van der Waals surface area contributed by atoms with E-state index in [1.807, 2.05) is 91.2 Å². The van der Waals surface area contributed by atoms with Crippen molar-refractivity contribution in [2.45, 2.75) is 13.0 Å². The van der Waals surface area contributed by atoms with Gasteiger partial charge in [0.25, 0.3) is 11.5 Å². The van der Waals surface area contributed by atoms with Gasteiger partial charge in [0.1, 0.15) is 0 Å². The first kappa shape index (κ1) is 20.4. The van der Waals surface area contributed by atoms with E-state index in [1.165, 1.54) is 11.3 Å². The highest BCUT2D eigenvalue weighted by molar-refractivity contribution is 7.11. The van der Waals surface area contributed by atoms with E-state index in [-0.39, 0.29) is 11.5 Å². The summed E-state index contributed by atoms with van der Waals surface area (Å²) in [5.74, 6) is -0.265. The van der Waals surface area contributed by atoms with Crippen LogP contribution in [0.15, 0.2) is 99.2 Å². The van der Waals surface area contributed by atoms with Crippen molar-refractivity contribution in [2.24, 2.45) is 4.99 Å². The highest BCUT2D eigenvalue weighted by atomic mass is 32.1.